The number of primary amides is 1. The van der Waals surface area contributed by atoms with Gasteiger partial charge in [-0.3, -0.25) is 9.59 Å². The zero-order chi connectivity index (χ0) is 16.8. The van der Waals surface area contributed by atoms with Crippen molar-refractivity contribution in [2.45, 2.75) is 50.7 Å². The van der Waals surface area contributed by atoms with E-state index in [2.05, 4.69) is 15.3 Å². The highest BCUT2D eigenvalue weighted by atomic mass is 16.2. The molecule has 0 aromatic carbocycles. The average molecular weight is 327 g/mol. The van der Waals surface area contributed by atoms with Gasteiger partial charge in [-0.1, -0.05) is 0 Å². The number of fused-ring (bicyclic) bond motifs is 3. The summed E-state index contributed by atoms with van der Waals surface area (Å²) >= 11 is 0. The molecule has 7 heteroatoms. The maximum Gasteiger partial charge on any atom is 0.252 e. The summed E-state index contributed by atoms with van der Waals surface area (Å²) in [5.41, 5.74) is 7.41. The van der Waals surface area contributed by atoms with Crippen LogP contribution in [0, 0.1) is 0 Å². The van der Waals surface area contributed by atoms with Gasteiger partial charge in [0, 0.05) is 42.8 Å². The summed E-state index contributed by atoms with van der Waals surface area (Å²) in [5, 5.41) is 4.39. The zero-order valence-electron chi connectivity index (χ0n) is 13.6. The summed E-state index contributed by atoms with van der Waals surface area (Å²) < 4.78 is 0. The highest BCUT2D eigenvalue weighted by molar-refractivity contribution is 6.06. The number of nitrogens with one attached hydrogen (secondary N) is 2. The fourth-order valence-electron chi connectivity index (χ4n) is 4.36. The molecule has 7 nitrogen and oxygen atoms in total. The number of pyridine rings is 1. The van der Waals surface area contributed by atoms with Gasteiger partial charge in [0.2, 0.25) is 5.91 Å². The monoisotopic (exact) mass is 327 g/mol. The number of piperidine rings is 1. The van der Waals surface area contributed by atoms with Gasteiger partial charge < -0.3 is 20.9 Å². The van der Waals surface area contributed by atoms with Crippen molar-refractivity contribution in [2.24, 2.45) is 5.73 Å². The summed E-state index contributed by atoms with van der Waals surface area (Å²) in [6.07, 6.45) is 7.21. The van der Waals surface area contributed by atoms with E-state index in [1.807, 2.05) is 11.0 Å². The lowest BCUT2D eigenvalue weighted by atomic mass is 9.96. The molecule has 4 N–H and O–H groups in total. The Labute approximate surface area is 139 Å². The van der Waals surface area contributed by atoms with Gasteiger partial charge in [0.05, 0.1) is 11.3 Å². The SMILES string of the molecule is CC(=O)N1[C@@H]2CC[C@H]1CC(Nc1c(C(N)=O)cnc3[nH]ccc13)C2. The summed E-state index contributed by atoms with van der Waals surface area (Å²) in [4.78, 5) is 33.0. The van der Waals surface area contributed by atoms with Crippen LogP contribution >= 0.6 is 0 Å². The first-order valence-corrected chi connectivity index (χ1v) is 8.36. The second-order valence-electron chi connectivity index (χ2n) is 6.78. The number of nitrogens with zero attached hydrogens (tertiary/aromatic N) is 2. The molecule has 1 unspecified atom stereocenters. The lowest BCUT2D eigenvalue weighted by molar-refractivity contribution is -0.133. The molecule has 3 atom stereocenters. The average Bonchev–Trinajstić information content (AvgIpc) is 3.10. The molecule has 2 saturated heterocycles. The summed E-state index contributed by atoms with van der Waals surface area (Å²) in [6, 6.07) is 2.70. The van der Waals surface area contributed by atoms with Crippen LogP contribution in [-0.2, 0) is 4.79 Å². The standard InChI is InChI=1S/C17H21N5O2/c1-9(23)22-11-2-3-12(22)7-10(6-11)21-15-13-4-5-19-17(13)20-8-14(15)16(18)24/h4-5,8,10-12H,2-3,6-7H2,1H3,(H2,18,24)(H2,19,20,21)/t10?,11-,12+. The van der Waals surface area contributed by atoms with Crippen molar-refractivity contribution in [2.75, 3.05) is 5.32 Å². The third-order valence-electron chi connectivity index (χ3n) is 5.30. The van der Waals surface area contributed by atoms with Crippen molar-refractivity contribution in [1.82, 2.24) is 14.9 Å². The smallest absolute Gasteiger partial charge is 0.252 e. The number of rotatable bonds is 3. The molecule has 24 heavy (non-hydrogen) atoms. The summed E-state index contributed by atoms with van der Waals surface area (Å²) in [5.74, 6) is -0.326. The van der Waals surface area contributed by atoms with Crippen molar-refractivity contribution in [3.05, 3.63) is 24.0 Å². The van der Waals surface area contributed by atoms with E-state index >= 15 is 0 Å². The quantitative estimate of drug-likeness (QED) is 0.796. The number of anilines is 1. The van der Waals surface area contributed by atoms with Crippen LogP contribution in [0.4, 0.5) is 5.69 Å². The van der Waals surface area contributed by atoms with Crippen molar-refractivity contribution in [3.63, 3.8) is 0 Å². The van der Waals surface area contributed by atoms with E-state index in [-0.39, 0.29) is 11.9 Å². The highest BCUT2D eigenvalue weighted by Crippen LogP contribution is 2.38. The molecule has 2 aliphatic heterocycles. The van der Waals surface area contributed by atoms with Crippen LogP contribution in [0.25, 0.3) is 11.0 Å². The molecule has 2 aliphatic rings. The topological polar surface area (TPSA) is 104 Å². The van der Waals surface area contributed by atoms with Crippen molar-refractivity contribution in [3.8, 4) is 0 Å². The molecule has 2 bridgehead atoms. The molecular formula is C17H21N5O2. The minimum atomic E-state index is -0.489. The van der Waals surface area contributed by atoms with Gasteiger partial charge in [-0.15, -0.1) is 0 Å². The Hall–Kier alpha value is -2.57. The van der Waals surface area contributed by atoms with Crippen LogP contribution in [0.5, 0.6) is 0 Å². The predicted octanol–water partition coefficient (Wildman–Crippen LogP) is 1.62. The molecule has 0 saturated carbocycles. The van der Waals surface area contributed by atoms with E-state index in [1.54, 1.807) is 13.1 Å². The molecule has 126 valence electrons. The fraction of sp³-hybridized carbons (Fsp3) is 0.471. The van der Waals surface area contributed by atoms with Gasteiger partial charge in [0.1, 0.15) is 5.65 Å². The normalized spacial score (nSPS) is 25.9. The van der Waals surface area contributed by atoms with Crippen molar-refractivity contribution in [1.29, 1.82) is 0 Å². The van der Waals surface area contributed by atoms with Crippen molar-refractivity contribution >= 4 is 28.5 Å². The van der Waals surface area contributed by atoms with E-state index in [9.17, 15) is 9.59 Å². The molecule has 4 heterocycles. The van der Waals surface area contributed by atoms with Gasteiger partial charge in [-0.05, 0) is 31.7 Å². The van der Waals surface area contributed by atoms with Crippen LogP contribution in [0.3, 0.4) is 0 Å². The Morgan fingerprint density at radius 3 is 2.67 bits per heavy atom. The molecule has 4 rings (SSSR count). The Kier molecular flexibility index (Phi) is 3.44. The first-order valence-electron chi connectivity index (χ1n) is 8.36. The number of H-pyrrole nitrogens is 1. The van der Waals surface area contributed by atoms with E-state index in [0.717, 1.165) is 42.4 Å². The van der Waals surface area contributed by atoms with Crippen LogP contribution in [0.2, 0.25) is 0 Å². The number of aromatic amines is 1. The minimum absolute atomic E-state index is 0.163. The number of hydrogen-bond acceptors (Lipinski definition) is 4. The first-order chi connectivity index (χ1) is 11.5. The largest absolute Gasteiger partial charge is 0.381 e. The van der Waals surface area contributed by atoms with E-state index in [0.29, 0.717) is 17.6 Å². The van der Waals surface area contributed by atoms with Gasteiger partial charge in [-0.25, -0.2) is 4.98 Å². The third-order valence-corrected chi connectivity index (χ3v) is 5.30. The Bertz CT molecular complexity index is 800. The molecule has 2 amide bonds. The molecule has 0 aliphatic carbocycles. The van der Waals surface area contributed by atoms with Crippen LogP contribution in [0.15, 0.2) is 18.5 Å². The summed E-state index contributed by atoms with van der Waals surface area (Å²) in [7, 11) is 0. The molecule has 0 spiro atoms. The number of nitrogens with two attached hydrogens (primary N) is 1. The lowest BCUT2D eigenvalue weighted by Gasteiger charge is -2.39. The Morgan fingerprint density at radius 1 is 1.33 bits per heavy atom. The summed E-state index contributed by atoms with van der Waals surface area (Å²) in [6.45, 7) is 1.65. The van der Waals surface area contributed by atoms with Crippen LogP contribution < -0.4 is 11.1 Å². The van der Waals surface area contributed by atoms with E-state index in [1.165, 1.54) is 6.20 Å². The maximum absolute atomic E-state index is 11.8. The van der Waals surface area contributed by atoms with Gasteiger partial charge in [0.25, 0.3) is 5.91 Å². The number of aromatic nitrogens is 2. The van der Waals surface area contributed by atoms with Crippen molar-refractivity contribution < 1.29 is 9.59 Å². The van der Waals surface area contributed by atoms with Crippen LogP contribution in [0.1, 0.15) is 43.0 Å². The van der Waals surface area contributed by atoms with Gasteiger partial charge >= 0.3 is 0 Å². The van der Waals surface area contributed by atoms with Crippen LogP contribution in [-0.4, -0.2) is 44.8 Å². The zero-order valence-corrected chi connectivity index (χ0v) is 13.6. The molecule has 2 aromatic rings. The van der Waals surface area contributed by atoms with Gasteiger partial charge in [0.15, 0.2) is 0 Å². The fourth-order valence-corrected chi connectivity index (χ4v) is 4.36. The molecular weight excluding hydrogens is 306 g/mol. The van der Waals surface area contributed by atoms with Gasteiger partial charge in [-0.2, -0.15) is 0 Å². The molecule has 2 aromatic heterocycles. The number of amides is 2. The Morgan fingerprint density at radius 2 is 2.04 bits per heavy atom. The van der Waals surface area contributed by atoms with E-state index < -0.39 is 5.91 Å². The molecule has 0 radical (unpaired) electrons. The first kappa shape index (κ1) is 15.0. The minimum Gasteiger partial charge on any atom is -0.381 e. The number of carbonyl (C=O) groups excluding carboxylic acids is 2. The number of hydrogen-bond donors (Lipinski definition) is 3. The lowest BCUT2D eigenvalue weighted by Crippen LogP contribution is -2.49. The predicted molar refractivity (Wildman–Crippen MR) is 90.6 cm³/mol. The third kappa shape index (κ3) is 2.31. The van der Waals surface area contributed by atoms with E-state index in [4.69, 9.17) is 5.73 Å². The number of carbonyl (C=O) groups is 2. The molecule has 2 fully saturated rings. The second kappa shape index (κ2) is 5.51. The Balaban J connectivity index is 1.64. The second-order valence-corrected chi connectivity index (χ2v) is 6.78. The maximum atomic E-state index is 11.8. The highest BCUT2D eigenvalue weighted by Gasteiger charge is 2.42.